The van der Waals surface area contributed by atoms with Gasteiger partial charge in [-0.05, 0) is 38.0 Å². The Morgan fingerprint density at radius 2 is 1.89 bits per heavy atom. The fourth-order valence-electron chi connectivity index (χ4n) is 2.67. The number of carboxylic acid groups (broad SMARTS) is 1. The van der Waals surface area contributed by atoms with Crippen LogP contribution in [0, 0.1) is 11.3 Å². The number of amides is 1. The number of hydrogen-bond acceptors (Lipinski definition) is 2. The molecule has 4 nitrogen and oxygen atoms in total. The highest BCUT2D eigenvalue weighted by atomic mass is 16.4. The Labute approximate surface area is 116 Å². The number of unbranched alkanes of at least 4 members (excludes halogenated alkanes) is 2. The lowest BCUT2D eigenvalue weighted by Crippen LogP contribution is -2.45. The van der Waals surface area contributed by atoms with Crippen molar-refractivity contribution in [2.45, 2.75) is 65.2 Å². The normalized spacial score (nSPS) is 26.9. The molecule has 2 N–H and O–H groups in total. The molecule has 110 valence electrons. The van der Waals surface area contributed by atoms with Crippen LogP contribution in [0.25, 0.3) is 0 Å². The molecule has 0 radical (unpaired) electrons. The zero-order valence-electron chi connectivity index (χ0n) is 12.2. The van der Waals surface area contributed by atoms with E-state index in [0.29, 0.717) is 31.7 Å². The van der Waals surface area contributed by atoms with E-state index in [1.54, 1.807) is 0 Å². The molecule has 0 aliphatic heterocycles. The Balaban J connectivity index is 2.42. The first kappa shape index (κ1) is 16.0. The molecule has 1 aliphatic carbocycles. The molecule has 1 rings (SSSR count). The van der Waals surface area contributed by atoms with E-state index in [2.05, 4.69) is 19.2 Å². The van der Waals surface area contributed by atoms with Crippen molar-refractivity contribution in [3.8, 4) is 0 Å². The number of hydrogen-bond donors (Lipinski definition) is 2. The molecule has 0 spiro atoms. The third kappa shape index (κ3) is 4.84. The summed E-state index contributed by atoms with van der Waals surface area (Å²) in [6.45, 7) is 4.55. The first-order valence-corrected chi connectivity index (χ1v) is 7.50. The summed E-state index contributed by atoms with van der Waals surface area (Å²) in [6.07, 6.45) is 6.78. The van der Waals surface area contributed by atoms with Gasteiger partial charge in [0.05, 0.1) is 5.41 Å². The van der Waals surface area contributed by atoms with Gasteiger partial charge in [-0.25, -0.2) is 0 Å². The van der Waals surface area contributed by atoms with E-state index in [9.17, 15) is 14.7 Å². The smallest absolute Gasteiger partial charge is 0.311 e. The van der Waals surface area contributed by atoms with Gasteiger partial charge in [-0.2, -0.15) is 0 Å². The standard InChI is InChI=1S/C15H27NO3/c1-3-4-5-6-13(17)16-11-15(14(18)19)9-7-12(2)8-10-15/h12H,3-11H2,1-2H3,(H,16,17)(H,18,19). The molecule has 19 heavy (non-hydrogen) atoms. The third-order valence-corrected chi connectivity index (χ3v) is 4.32. The summed E-state index contributed by atoms with van der Waals surface area (Å²) in [5, 5.41) is 12.3. The summed E-state index contributed by atoms with van der Waals surface area (Å²) in [6, 6.07) is 0. The van der Waals surface area contributed by atoms with E-state index in [1.807, 2.05) is 0 Å². The van der Waals surface area contributed by atoms with Crippen LogP contribution in [0.2, 0.25) is 0 Å². The summed E-state index contributed by atoms with van der Waals surface area (Å²) in [5.41, 5.74) is -0.729. The molecule has 1 fully saturated rings. The van der Waals surface area contributed by atoms with Gasteiger partial charge in [0.15, 0.2) is 0 Å². The summed E-state index contributed by atoms with van der Waals surface area (Å²) in [5.74, 6) is -0.159. The minimum absolute atomic E-state index is 0.00676. The maximum absolute atomic E-state index is 11.7. The maximum atomic E-state index is 11.7. The first-order chi connectivity index (χ1) is 9.00. The molecule has 0 saturated heterocycles. The third-order valence-electron chi connectivity index (χ3n) is 4.32. The van der Waals surface area contributed by atoms with E-state index in [4.69, 9.17) is 0 Å². The monoisotopic (exact) mass is 269 g/mol. The Morgan fingerprint density at radius 3 is 2.42 bits per heavy atom. The van der Waals surface area contributed by atoms with Gasteiger partial charge in [0.1, 0.15) is 0 Å². The summed E-state index contributed by atoms with van der Waals surface area (Å²) >= 11 is 0. The lowest BCUT2D eigenvalue weighted by molar-refractivity contribution is -0.151. The van der Waals surface area contributed by atoms with Crippen molar-refractivity contribution >= 4 is 11.9 Å². The highest BCUT2D eigenvalue weighted by Gasteiger charge is 2.41. The molecule has 0 aromatic carbocycles. The summed E-state index contributed by atoms with van der Waals surface area (Å²) in [7, 11) is 0. The molecule has 0 atom stereocenters. The molecule has 0 unspecified atom stereocenters. The van der Waals surface area contributed by atoms with E-state index in [-0.39, 0.29) is 5.91 Å². The Morgan fingerprint density at radius 1 is 1.26 bits per heavy atom. The number of carboxylic acids is 1. The number of aliphatic carboxylic acids is 1. The van der Waals surface area contributed by atoms with Gasteiger partial charge in [0.2, 0.25) is 5.91 Å². The van der Waals surface area contributed by atoms with E-state index in [0.717, 1.165) is 32.1 Å². The van der Waals surface area contributed by atoms with Crippen LogP contribution in [0.1, 0.15) is 65.2 Å². The van der Waals surface area contributed by atoms with Crippen LogP contribution in [-0.2, 0) is 9.59 Å². The van der Waals surface area contributed by atoms with Gasteiger partial charge in [0.25, 0.3) is 0 Å². The molecule has 4 heteroatoms. The molecular formula is C15H27NO3. The van der Waals surface area contributed by atoms with Crippen LogP contribution in [0.15, 0.2) is 0 Å². The fourth-order valence-corrected chi connectivity index (χ4v) is 2.67. The van der Waals surface area contributed by atoms with Crippen molar-refractivity contribution in [2.24, 2.45) is 11.3 Å². The van der Waals surface area contributed by atoms with Gasteiger partial charge in [-0.15, -0.1) is 0 Å². The lowest BCUT2D eigenvalue weighted by atomic mass is 9.71. The number of rotatable bonds is 7. The SMILES string of the molecule is CCCCCC(=O)NCC1(C(=O)O)CCC(C)CC1. The molecule has 0 heterocycles. The van der Waals surface area contributed by atoms with E-state index >= 15 is 0 Å². The second-order valence-electron chi connectivity index (χ2n) is 6.00. The molecule has 0 bridgehead atoms. The predicted octanol–water partition coefficient (Wildman–Crippen LogP) is 2.96. The topological polar surface area (TPSA) is 66.4 Å². The average molecular weight is 269 g/mol. The molecule has 1 amide bonds. The van der Waals surface area contributed by atoms with Crippen molar-refractivity contribution in [3.05, 3.63) is 0 Å². The fraction of sp³-hybridized carbons (Fsp3) is 0.867. The quantitative estimate of drug-likeness (QED) is 0.698. The van der Waals surface area contributed by atoms with E-state index < -0.39 is 11.4 Å². The molecule has 1 aliphatic rings. The minimum atomic E-state index is -0.756. The van der Waals surface area contributed by atoms with Crippen molar-refractivity contribution in [1.29, 1.82) is 0 Å². The number of carbonyl (C=O) groups excluding carboxylic acids is 1. The Hall–Kier alpha value is -1.06. The minimum Gasteiger partial charge on any atom is -0.481 e. The van der Waals surface area contributed by atoms with Gasteiger partial charge >= 0.3 is 5.97 Å². The Bertz CT molecular complexity index is 307. The van der Waals surface area contributed by atoms with Crippen molar-refractivity contribution in [1.82, 2.24) is 5.32 Å². The van der Waals surface area contributed by atoms with Crippen LogP contribution < -0.4 is 5.32 Å². The summed E-state index contributed by atoms with van der Waals surface area (Å²) < 4.78 is 0. The highest BCUT2D eigenvalue weighted by molar-refractivity contribution is 5.79. The van der Waals surface area contributed by atoms with Crippen molar-refractivity contribution < 1.29 is 14.7 Å². The molecule has 0 aromatic rings. The second kappa shape index (κ2) is 7.51. The van der Waals surface area contributed by atoms with Crippen LogP contribution >= 0.6 is 0 Å². The van der Waals surface area contributed by atoms with Gasteiger partial charge < -0.3 is 10.4 Å². The predicted molar refractivity (Wildman–Crippen MR) is 74.9 cm³/mol. The van der Waals surface area contributed by atoms with Crippen LogP contribution in [0.5, 0.6) is 0 Å². The summed E-state index contributed by atoms with van der Waals surface area (Å²) in [4.78, 5) is 23.2. The van der Waals surface area contributed by atoms with Crippen molar-refractivity contribution in [2.75, 3.05) is 6.54 Å². The van der Waals surface area contributed by atoms with Gasteiger partial charge in [-0.3, -0.25) is 9.59 Å². The molecule has 1 saturated carbocycles. The van der Waals surface area contributed by atoms with Crippen molar-refractivity contribution in [3.63, 3.8) is 0 Å². The van der Waals surface area contributed by atoms with Crippen LogP contribution in [-0.4, -0.2) is 23.5 Å². The molecular weight excluding hydrogens is 242 g/mol. The number of nitrogens with one attached hydrogen (secondary N) is 1. The first-order valence-electron chi connectivity index (χ1n) is 7.50. The molecule has 0 aromatic heterocycles. The zero-order chi connectivity index (χ0) is 14.3. The van der Waals surface area contributed by atoms with Crippen LogP contribution in [0.3, 0.4) is 0 Å². The second-order valence-corrected chi connectivity index (χ2v) is 6.00. The average Bonchev–Trinajstić information content (AvgIpc) is 2.38. The lowest BCUT2D eigenvalue weighted by Gasteiger charge is -2.35. The van der Waals surface area contributed by atoms with Gasteiger partial charge in [0, 0.05) is 13.0 Å². The highest BCUT2D eigenvalue weighted by Crippen LogP contribution is 2.38. The zero-order valence-corrected chi connectivity index (χ0v) is 12.2. The number of carbonyl (C=O) groups is 2. The van der Waals surface area contributed by atoms with Gasteiger partial charge in [-0.1, -0.05) is 26.7 Å². The Kier molecular flexibility index (Phi) is 6.32. The van der Waals surface area contributed by atoms with E-state index in [1.165, 1.54) is 0 Å². The maximum Gasteiger partial charge on any atom is 0.311 e. The van der Waals surface area contributed by atoms with Crippen LogP contribution in [0.4, 0.5) is 0 Å². The largest absolute Gasteiger partial charge is 0.481 e.